The van der Waals surface area contributed by atoms with E-state index in [2.05, 4.69) is 19.9 Å². The quantitative estimate of drug-likeness (QED) is 0.893. The molecule has 0 aromatic carbocycles. The molecule has 1 atom stereocenters. The van der Waals surface area contributed by atoms with Crippen LogP contribution in [0.3, 0.4) is 0 Å². The molecule has 0 bridgehead atoms. The first-order valence-corrected chi connectivity index (χ1v) is 10.5. The van der Waals surface area contributed by atoms with Crippen LogP contribution in [0.2, 0.25) is 0 Å². The highest BCUT2D eigenvalue weighted by molar-refractivity contribution is 7.07. The molecule has 0 radical (unpaired) electrons. The third-order valence-corrected chi connectivity index (χ3v) is 6.34. The summed E-state index contributed by atoms with van der Waals surface area (Å²) in [6.45, 7) is 2.34. The summed E-state index contributed by atoms with van der Waals surface area (Å²) in [5.74, 6) is 1.72. The summed E-state index contributed by atoms with van der Waals surface area (Å²) in [7, 11) is 0. The molecule has 6 nitrogen and oxygen atoms in total. The molecule has 3 heterocycles. The highest BCUT2D eigenvalue weighted by atomic mass is 32.1. The van der Waals surface area contributed by atoms with Gasteiger partial charge >= 0.3 is 0 Å². The van der Waals surface area contributed by atoms with E-state index in [0.29, 0.717) is 0 Å². The van der Waals surface area contributed by atoms with Crippen LogP contribution in [0.15, 0.2) is 23.3 Å². The van der Waals surface area contributed by atoms with Crippen LogP contribution in [0.1, 0.15) is 56.0 Å². The fourth-order valence-electron chi connectivity index (χ4n) is 4.27. The number of aliphatic hydroxyl groups excluding tert-OH is 1. The highest BCUT2D eigenvalue weighted by Crippen LogP contribution is 2.31. The van der Waals surface area contributed by atoms with Gasteiger partial charge in [-0.2, -0.15) is 0 Å². The van der Waals surface area contributed by atoms with Crippen LogP contribution in [0.25, 0.3) is 0 Å². The van der Waals surface area contributed by atoms with Gasteiger partial charge in [0.25, 0.3) is 0 Å². The van der Waals surface area contributed by atoms with E-state index in [1.165, 1.54) is 0 Å². The Morgan fingerprint density at radius 1 is 1.23 bits per heavy atom. The zero-order chi connectivity index (χ0) is 17.9. The SMILES string of the molecule is O=C(C1CCC(O)CC1)N1CCCC(c2nccn2Cc2cscn2)C1. The lowest BCUT2D eigenvalue weighted by Crippen LogP contribution is -2.43. The minimum atomic E-state index is -0.216. The molecule has 1 saturated heterocycles. The number of piperidine rings is 1. The van der Waals surface area contributed by atoms with Crippen LogP contribution < -0.4 is 0 Å². The first-order chi connectivity index (χ1) is 12.7. The molecule has 2 aromatic rings. The van der Waals surface area contributed by atoms with Gasteiger partial charge in [0.2, 0.25) is 5.91 Å². The highest BCUT2D eigenvalue weighted by Gasteiger charge is 2.33. The van der Waals surface area contributed by atoms with Crippen LogP contribution in [-0.4, -0.2) is 49.6 Å². The fourth-order valence-corrected chi connectivity index (χ4v) is 4.82. The predicted octanol–water partition coefficient (Wildman–Crippen LogP) is 2.65. The summed E-state index contributed by atoms with van der Waals surface area (Å²) in [6.07, 6.45) is 8.89. The Morgan fingerprint density at radius 3 is 2.85 bits per heavy atom. The Balaban J connectivity index is 1.42. The van der Waals surface area contributed by atoms with Crippen LogP contribution >= 0.6 is 11.3 Å². The number of thiazole rings is 1. The van der Waals surface area contributed by atoms with Gasteiger partial charge in [-0.1, -0.05) is 0 Å². The number of hydrogen-bond acceptors (Lipinski definition) is 5. The first-order valence-electron chi connectivity index (χ1n) is 9.55. The molecule has 1 aliphatic heterocycles. The van der Waals surface area contributed by atoms with Crippen molar-refractivity contribution in [1.29, 1.82) is 0 Å². The van der Waals surface area contributed by atoms with E-state index in [4.69, 9.17) is 0 Å². The number of carbonyl (C=O) groups is 1. The molecule has 2 aromatic heterocycles. The number of hydrogen-bond donors (Lipinski definition) is 1. The Bertz CT molecular complexity index is 722. The number of amides is 1. The molecule has 26 heavy (non-hydrogen) atoms. The fraction of sp³-hybridized carbons (Fsp3) is 0.632. The van der Waals surface area contributed by atoms with Crippen molar-refractivity contribution in [3.8, 4) is 0 Å². The van der Waals surface area contributed by atoms with Crippen LogP contribution in [0, 0.1) is 5.92 Å². The third-order valence-electron chi connectivity index (χ3n) is 5.71. The lowest BCUT2D eigenvalue weighted by atomic mass is 9.85. The van der Waals surface area contributed by atoms with Crippen molar-refractivity contribution in [1.82, 2.24) is 19.4 Å². The summed E-state index contributed by atoms with van der Waals surface area (Å²) < 4.78 is 2.17. The van der Waals surface area contributed by atoms with Gasteiger partial charge in [0, 0.05) is 42.7 Å². The average molecular weight is 375 g/mol. The monoisotopic (exact) mass is 374 g/mol. The zero-order valence-electron chi connectivity index (χ0n) is 15.0. The molecule has 1 aliphatic carbocycles. The number of likely N-dealkylation sites (tertiary alicyclic amines) is 1. The van der Waals surface area contributed by atoms with Crippen molar-refractivity contribution < 1.29 is 9.90 Å². The van der Waals surface area contributed by atoms with Gasteiger partial charge in [0.05, 0.1) is 23.9 Å². The van der Waals surface area contributed by atoms with E-state index in [1.807, 2.05) is 22.8 Å². The molecule has 0 spiro atoms. The Labute approximate surface area is 157 Å². The molecular formula is C19H26N4O2S. The maximum absolute atomic E-state index is 12.9. The largest absolute Gasteiger partial charge is 0.393 e. The standard InChI is InChI=1S/C19H26N4O2S/c24-17-5-3-14(4-6-17)19(25)23-8-1-2-15(10-23)18-20-7-9-22(18)11-16-12-26-13-21-16/h7,9,12-15,17,24H,1-6,8,10-11H2. The average Bonchev–Trinajstić information content (AvgIpc) is 3.34. The number of imidazole rings is 1. The number of carbonyl (C=O) groups excluding carboxylic acids is 1. The third kappa shape index (κ3) is 3.83. The summed E-state index contributed by atoms with van der Waals surface area (Å²) in [5, 5.41) is 11.7. The lowest BCUT2D eigenvalue weighted by molar-refractivity contribution is -0.138. The summed E-state index contributed by atoms with van der Waals surface area (Å²) in [5.41, 5.74) is 2.91. The van der Waals surface area contributed by atoms with Crippen LogP contribution in [-0.2, 0) is 11.3 Å². The molecule has 2 aliphatic rings. The maximum atomic E-state index is 12.9. The Hall–Kier alpha value is -1.73. The van der Waals surface area contributed by atoms with Crippen molar-refractivity contribution >= 4 is 17.2 Å². The van der Waals surface area contributed by atoms with E-state index in [1.54, 1.807) is 11.3 Å². The minimum absolute atomic E-state index is 0.0897. The minimum Gasteiger partial charge on any atom is -0.393 e. The van der Waals surface area contributed by atoms with E-state index < -0.39 is 0 Å². The molecular weight excluding hydrogens is 348 g/mol. The van der Waals surface area contributed by atoms with Gasteiger partial charge in [-0.05, 0) is 38.5 Å². The predicted molar refractivity (Wildman–Crippen MR) is 100.0 cm³/mol. The second-order valence-electron chi connectivity index (χ2n) is 7.52. The lowest BCUT2D eigenvalue weighted by Gasteiger charge is -2.36. The molecule has 1 amide bonds. The summed E-state index contributed by atoms with van der Waals surface area (Å²) >= 11 is 1.61. The van der Waals surface area contributed by atoms with Crippen molar-refractivity contribution in [3.63, 3.8) is 0 Å². The Kier molecular flexibility index (Phi) is 5.36. The topological polar surface area (TPSA) is 71.2 Å². The zero-order valence-corrected chi connectivity index (χ0v) is 15.8. The number of rotatable bonds is 4. The number of aliphatic hydroxyl groups is 1. The number of aromatic nitrogens is 3. The molecule has 1 N–H and O–H groups in total. The van der Waals surface area contributed by atoms with Gasteiger partial charge in [-0.3, -0.25) is 4.79 Å². The van der Waals surface area contributed by atoms with Gasteiger partial charge in [0.15, 0.2) is 0 Å². The summed E-state index contributed by atoms with van der Waals surface area (Å²) in [6, 6.07) is 0. The second-order valence-corrected chi connectivity index (χ2v) is 8.24. The molecule has 140 valence electrons. The van der Waals surface area contributed by atoms with Gasteiger partial charge in [-0.15, -0.1) is 11.3 Å². The van der Waals surface area contributed by atoms with E-state index >= 15 is 0 Å². The van der Waals surface area contributed by atoms with Crippen molar-refractivity contribution in [2.45, 2.75) is 57.1 Å². The van der Waals surface area contributed by atoms with Crippen LogP contribution in [0.4, 0.5) is 0 Å². The van der Waals surface area contributed by atoms with Gasteiger partial charge in [-0.25, -0.2) is 9.97 Å². The smallest absolute Gasteiger partial charge is 0.225 e. The van der Waals surface area contributed by atoms with Crippen molar-refractivity contribution in [3.05, 3.63) is 34.8 Å². The molecule has 1 unspecified atom stereocenters. The Morgan fingerprint density at radius 2 is 2.08 bits per heavy atom. The molecule has 4 rings (SSSR count). The first kappa shape index (κ1) is 17.7. The molecule has 1 saturated carbocycles. The molecule has 7 heteroatoms. The van der Waals surface area contributed by atoms with E-state index in [-0.39, 0.29) is 23.8 Å². The van der Waals surface area contributed by atoms with E-state index in [0.717, 1.165) is 69.7 Å². The van der Waals surface area contributed by atoms with Crippen molar-refractivity contribution in [2.75, 3.05) is 13.1 Å². The number of nitrogens with zero attached hydrogens (tertiary/aromatic N) is 4. The van der Waals surface area contributed by atoms with Gasteiger partial charge < -0.3 is 14.6 Å². The summed E-state index contributed by atoms with van der Waals surface area (Å²) in [4.78, 5) is 23.9. The molecule has 2 fully saturated rings. The van der Waals surface area contributed by atoms with Crippen LogP contribution in [0.5, 0.6) is 0 Å². The normalized spacial score (nSPS) is 26.8. The maximum Gasteiger partial charge on any atom is 0.225 e. The van der Waals surface area contributed by atoms with Gasteiger partial charge in [0.1, 0.15) is 5.82 Å². The van der Waals surface area contributed by atoms with Crippen molar-refractivity contribution in [2.24, 2.45) is 5.92 Å². The second kappa shape index (κ2) is 7.88. The van der Waals surface area contributed by atoms with E-state index in [9.17, 15) is 9.90 Å².